The van der Waals surface area contributed by atoms with E-state index in [1.807, 2.05) is 0 Å². The van der Waals surface area contributed by atoms with Gasteiger partial charge in [-0.05, 0) is 48.0 Å². The fraction of sp³-hybridized carbons (Fsp3) is 0.0870. The predicted octanol–water partition coefficient (Wildman–Crippen LogP) is 5.80. The molecule has 4 rings (SSSR count). The summed E-state index contributed by atoms with van der Waals surface area (Å²) in [6.07, 6.45) is -1.47. The normalized spacial score (nSPS) is 11.3. The van der Waals surface area contributed by atoms with E-state index >= 15 is 0 Å². The van der Waals surface area contributed by atoms with Crippen LogP contribution in [0.25, 0.3) is 5.82 Å². The van der Waals surface area contributed by atoms with Gasteiger partial charge in [0.1, 0.15) is 29.3 Å². The van der Waals surface area contributed by atoms with Crippen molar-refractivity contribution in [3.8, 4) is 17.3 Å². The van der Waals surface area contributed by atoms with Crippen molar-refractivity contribution in [2.75, 3.05) is 0 Å². The quantitative estimate of drug-likeness (QED) is 0.347. The SMILES string of the molecule is O=C(NCc1ccc(Oc2ccc(F)cc2)cc1)c1cncn1-c1ncc(C(F)(F)F)cc1Cl. The van der Waals surface area contributed by atoms with Crippen LogP contribution in [0.3, 0.4) is 0 Å². The Bertz CT molecular complexity index is 1310. The first-order chi connectivity index (χ1) is 16.2. The first-order valence-corrected chi connectivity index (χ1v) is 10.1. The van der Waals surface area contributed by atoms with Crippen LogP contribution in [-0.2, 0) is 12.7 Å². The molecule has 174 valence electrons. The van der Waals surface area contributed by atoms with Gasteiger partial charge in [0.2, 0.25) is 0 Å². The van der Waals surface area contributed by atoms with E-state index < -0.39 is 17.6 Å². The highest BCUT2D eigenvalue weighted by atomic mass is 35.5. The highest BCUT2D eigenvalue weighted by Crippen LogP contribution is 2.32. The lowest BCUT2D eigenvalue weighted by atomic mass is 10.2. The second kappa shape index (κ2) is 9.52. The number of nitrogens with one attached hydrogen (secondary N) is 1. The second-order valence-electron chi connectivity index (χ2n) is 7.06. The standard InChI is InChI=1S/C23H15ClF4N4O2/c24-19-9-15(23(26,27)28)11-30-21(19)32-13-29-12-20(32)22(33)31-10-14-1-5-17(6-2-14)34-18-7-3-16(25)4-8-18/h1-9,11-13H,10H2,(H,31,33). The minimum absolute atomic E-state index is 0.0467. The number of carbonyl (C=O) groups excluding carboxylic acids is 1. The number of hydrogen-bond acceptors (Lipinski definition) is 4. The molecule has 0 unspecified atom stereocenters. The minimum atomic E-state index is -4.59. The molecule has 1 amide bonds. The molecule has 0 aliphatic rings. The van der Waals surface area contributed by atoms with E-state index in [0.29, 0.717) is 17.7 Å². The number of halogens is 5. The van der Waals surface area contributed by atoms with Crippen molar-refractivity contribution in [3.05, 3.63) is 101 Å². The maximum atomic E-state index is 13.0. The molecule has 2 aromatic heterocycles. The lowest BCUT2D eigenvalue weighted by Crippen LogP contribution is -2.25. The molecular formula is C23H15ClF4N4O2. The zero-order chi connectivity index (χ0) is 24.3. The lowest BCUT2D eigenvalue weighted by molar-refractivity contribution is -0.137. The van der Waals surface area contributed by atoms with Gasteiger partial charge in [-0.2, -0.15) is 13.2 Å². The zero-order valence-corrected chi connectivity index (χ0v) is 17.9. The third-order valence-electron chi connectivity index (χ3n) is 4.67. The number of hydrogen-bond donors (Lipinski definition) is 1. The minimum Gasteiger partial charge on any atom is -0.457 e. The number of alkyl halides is 3. The highest BCUT2D eigenvalue weighted by Gasteiger charge is 2.32. The number of rotatable bonds is 6. The van der Waals surface area contributed by atoms with Crippen molar-refractivity contribution < 1.29 is 27.1 Å². The van der Waals surface area contributed by atoms with Crippen molar-refractivity contribution in [3.63, 3.8) is 0 Å². The average molecular weight is 491 g/mol. The molecule has 11 heteroatoms. The maximum Gasteiger partial charge on any atom is 0.417 e. The van der Waals surface area contributed by atoms with Crippen LogP contribution in [0, 0.1) is 5.82 Å². The summed E-state index contributed by atoms with van der Waals surface area (Å²) in [6, 6.07) is 13.2. The van der Waals surface area contributed by atoms with Crippen molar-refractivity contribution in [2.45, 2.75) is 12.7 Å². The van der Waals surface area contributed by atoms with Gasteiger partial charge in [-0.3, -0.25) is 9.36 Å². The Hall–Kier alpha value is -3.92. The van der Waals surface area contributed by atoms with Crippen LogP contribution < -0.4 is 10.1 Å². The molecule has 4 aromatic rings. The summed E-state index contributed by atoms with van der Waals surface area (Å²) in [6.45, 7) is 0.162. The van der Waals surface area contributed by atoms with Gasteiger partial charge in [0.25, 0.3) is 5.91 Å². The Morgan fingerprint density at radius 3 is 2.29 bits per heavy atom. The average Bonchev–Trinajstić information content (AvgIpc) is 3.29. The lowest BCUT2D eigenvalue weighted by Gasteiger charge is -2.12. The van der Waals surface area contributed by atoms with Gasteiger partial charge in [-0.15, -0.1) is 0 Å². The molecule has 6 nitrogen and oxygen atoms in total. The number of imidazole rings is 1. The fourth-order valence-corrected chi connectivity index (χ4v) is 3.24. The van der Waals surface area contributed by atoms with Crippen molar-refractivity contribution >= 4 is 17.5 Å². The number of aromatic nitrogens is 3. The van der Waals surface area contributed by atoms with E-state index in [4.69, 9.17) is 16.3 Å². The number of pyridine rings is 1. The summed E-state index contributed by atoms with van der Waals surface area (Å²) in [5.74, 6) is 0.0618. The Morgan fingerprint density at radius 1 is 1.03 bits per heavy atom. The molecule has 0 aliphatic carbocycles. The molecule has 2 aromatic carbocycles. The number of amides is 1. The molecule has 2 heterocycles. The third kappa shape index (κ3) is 5.34. The first kappa shape index (κ1) is 23.2. The number of ether oxygens (including phenoxy) is 1. The Balaban J connectivity index is 1.42. The molecule has 0 atom stereocenters. The number of benzene rings is 2. The van der Waals surface area contributed by atoms with Crippen LogP contribution in [0.1, 0.15) is 21.6 Å². The monoisotopic (exact) mass is 490 g/mol. The van der Waals surface area contributed by atoms with Gasteiger partial charge in [0, 0.05) is 12.7 Å². The van der Waals surface area contributed by atoms with E-state index in [2.05, 4.69) is 15.3 Å². The van der Waals surface area contributed by atoms with Crippen LogP contribution in [0.2, 0.25) is 5.02 Å². The van der Waals surface area contributed by atoms with Crippen LogP contribution in [-0.4, -0.2) is 20.4 Å². The largest absolute Gasteiger partial charge is 0.457 e. The Morgan fingerprint density at radius 2 is 1.68 bits per heavy atom. The van der Waals surface area contributed by atoms with E-state index in [9.17, 15) is 22.4 Å². The molecule has 0 spiro atoms. The molecular weight excluding hydrogens is 476 g/mol. The molecule has 0 fully saturated rings. The van der Waals surface area contributed by atoms with Gasteiger partial charge in [0.15, 0.2) is 5.82 Å². The van der Waals surface area contributed by atoms with E-state index in [0.717, 1.165) is 11.6 Å². The van der Waals surface area contributed by atoms with Crippen molar-refractivity contribution in [1.82, 2.24) is 19.9 Å². The van der Waals surface area contributed by atoms with Gasteiger partial charge < -0.3 is 10.1 Å². The van der Waals surface area contributed by atoms with E-state index in [1.165, 1.54) is 41.4 Å². The van der Waals surface area contributed by atoms with Gasteiger partial charge in [-0.1, -0.05) is 23.7 Å². The topological polar surface area (TPSA) is 69.0 Å². The van der Waals surface area contributed by atoms with Crippen LogP contribution in [0.5, 0.6) is 11.5 Å². The molecule has 0 saturated heterocycles. The zero-order valence-electron chi connectivity index (χ0n) is 17.2. The summed E-state index contributed by atoms with van der Waals surface area (Å²) >= 11 is 5.98. The van der Waals surface area contributed by atoms with Crippen molar-refractivity contribution in [2.24, 2.45) is 0 Å². The van der Waals surface area contributed by atoms with Gasteiger partial charge in [-0.25, -0.2) is 14.4 Å². The third-order valence-corrected chi connectivity index (χ3v) is 4.95. The fourth-order valence-electron chi connectivity index (χ4n) is 2.98. The molecule has 0 saturated carbocycles. The van der Waals surface area contributed by atoms with Crippen LogP contribution >= 0.6 is 11.6 Å². The predicted molar refractivity (Wildman–Crippen MR) is 115 cm³/mol. The molecule has 0 aliphatic heterocycles. The van der Waals surface area contributed by atoms with Crippen LogP contribution in [0.4, 0.5) is 17.6 Å². The Kier molecular flexibility index (Phi) is 6.51. The molecule has 0 radical (unpaired) electrons. The van der Waals surface area contributed by atoms with Gasteiger partial charge >= 0.3 is 6.18 Å². The summed E-state index contributed by atoms with van der Waals surface area (Å²) < 4.78 is 58.4. The van der Waals surface area contributed by atoms with E-state index in [-0.39, 0.29) is 28.9 Å². The molecule has 0 bridgehead atoms. The highest BCUT2D eigenvalue weighted by molar-refractivity contribution is 6.32. The summed E-state index contributed by atoms with van der Waals surface area (Å²) in [5.41, 5.74) is -0.193. The molecule has 34 heavy (non-hydrogen) atoms. The van der Waals surface area contributed by atoms with Crippen LogP contribution in [0.15, 0.2) is 73.3 Å². The molecule has 1 N–H and O–H groups in total. The summed E-state index contributed by atoms with van der Waals surface area (Å²) in [4.78, 5) is 20.3. The first-order valence-electron chi connectivity index (χ1n) is 9.77. The Labute approximate surface area is 195 Å². The smallest absolute Gasteiger partial charge is 0.417 e. The second-order valence-corrected chi connectivity index (χ2v) is 7.47. The summed E-state index contributed by atoms with van der Waals surface area (Å²) in [5, 5.41) is 2.43. The number of nitrogens with zero attached hydrogens (tertiary/aromatic N) is 3. The summed E-state index contributed by atoms with van der Waals surface area (Å²) in [7, 11) is 0. The maximum absolute atomic E-state index is 13.0. The van der Waals surface area contributed by atoms with Crippen molar-refractivity contribution in [1.29, 1.82) is 0 Å². The van der Waals surface area contributed by atoms with Gasteiger partial charge in [0.05, 0.1) is 16.8 Å². The number of carbonyl (C=O) groups is 1. The van der Waals surface area contributed by atoms with E-state index in [1.54, 1.807) is 24.3 Å².